The van der Waals surface area contributed by atoms with Crippen molar-refractivity contribution >= 4 is 16.8 Å². The van der Waals surface area contributed by atoms with E-state index in [0.29, 0.717) is 5.69 Å². The highest BCUT2D eigenvalue weighted by Crippen LogP contribution is 2.24. The van der Waals surface area contributed by atoms with E-state index in [4.69, 9.17) is 4.74 Å². The van der Waals surface area contributed by atoms with Gasteiger partial charge in [0.15, 0.2) is 0 Å². The zero-order valence-electron chi connectivity index (χ0n) is 12.6. The molecule has 1 atom stereocenters. The number of carbonyl (C=O) groups excluding carboxylic acids is 1. The van der Waals surface area contributed by atoms with E-state index in [9.17, 15) is 4.79 Å². The number of ether oxygens (including phenoxy) is 1. The number of nitrogens with one attached hydrogen (secondary N) is 2. The van der Waals surface area contributed by atoms with E-state index in [0.717, 1.165) is 22.2 Å². The van der Waals surface area contributed by atoms with Crippen LogP contribution in [0.4, 0.5) is 0 Å². The Kier molecular flexibility index (Phi) is 3.83. The van der Waals surface area contributed by atoms with Gasteiger partial charge in [0.05, 0.1) is 13.2 Å². The predicted octanol–water partition coefficient (Wildman–Crippen LogP) is 3.67. The molecular formula is C18H18N2O2. The summed E-state index contributed by atoms with van der Waals surface area (Å²) in [7, 11) is 1.63. The third kappa shape index (κ3) is 2.68. The number of fused-ring (bicyclic) bond motifs is 1. The predicted molar refractivity (Wildman–Crippen MR) is 87.2 cm³/mol. The van der Waals surface area contributed by atoms with Crippen LogP contribution in [0.1, 0.15) is 29.0 Å². The maximum absolute atomic E-state index is 12.4. The molecule has 0 bridgehead atoms. The Labute approximate surface area is 129 Å². The Morgan fingerprint density at radius 2 is 1.86 bits per heavy atom. The Hall–Kier alpha value is -2.75. The molecule has 2 aromatic carbocycles. The first kappa shape index (κ1) is 14.2. The minimum Gasteiger partial charge on any atom is -0.496 e. The second-order valence-electron chi connectivity index (χ2n) is 5.21. The monoisotopic (exact) mass is 294 g/mol. The van der Waals surface area contributed by atoms with E-state index in [1.807, 2.05) is 61.5 Å². The molecule has 0 saturated carbocycles. The van der Waals surface area contributed by atoms with E-state index < -0.39 is 0 Å². The van der Waals surface area contributed by atoms with Crippen LogP contribution in [-0.2, 0) is 0 Å². The number of aromatic amines is 1. The van der Waals surface area contributed by atoms with Gasteiger partial charge in [-0.25, -0.2) is 0 Å². The van der Waals surface area contributed by atoms with Crippen molar-refractivity contribution < 1.29 is 9.53 Å². The van der Waals surface area contributed by atoms with E-state index in [1.54, 1.807) is 7.11 Å². The Morgan fingerprint density at radius 1 is 1.14 bits per heavy atom. The maximum atomic E-state index is 12.4. The van der Waals surface area contributed by atoms with Crippen LogP contribution in [-0.4, -0.2) is 18.0 Å². The quantitative estimate of drug-likeness (QED) is 0.771. The maximum Gasteiger partial charge on any atom is 0.268 e. The lowest BCUT2D eigenvalue weighted by Gasteiger charge is -2.16. The largest absolute Gasteiger partial charge is 0.496 e. The zero-order valence-corrected chi connectivity index (χ0v) is 12.6. The number of amides is 1. The van der Waals surface area contributed by atoms with Crippen molar-refractivity contribution in [3.63, 3.8) is 0 Å². The molecule has 1 amide bonds. The van der Waals surface area contributed by atoms with Crippen LogP contribution in [0.15, 0.2) is 54.6 Å². The molecule has 4 nitrogen and oxygen atoms in total. The highest BCUT2D eigenvalue weighted by atomic mass is 16.5. The molecule has 0 aliphatic rings. The number of benzene rings is 2. The number of methoxy groups -OCH3 is 1. The standard InChI is InChI=1S/C18H18N2O2/c1-12(14-8-4-6-10-17(14)22-2)19-18(21)16-11-13-7-3-5-9-15(13)20-16/h3-12,20H,1-2H3,(H,19,21)/t12-/m0/s1. The van der Waals surface area contributed by atoms with Crippen LogP contribution in [0.25, 0.3) is 10.9 Å². The molecule has 3 rings (SSSR count). The Balaban J connectivity index is 1.81. The summed E-state index contributed by atoms with van der Waals surface area (Å²) in [5.74, 6) is 0.640. The van der Waals surface area contributed by atoms with Gasteiger partial charge in [-0.05, 0) is 25.1 Å². The summed E-state index contributed by atoms with van der Waals surface area (Å²) in [6.45, 7) is 1.94. The van der Waals surface area contributed by atoms with Crippen molar-refractivity contribution in [1.82, 2.24) is 10.3 Å². The van der Waals surface area contributed by atoms with Crippen LogP contribution < -0.4 is 10.1 Å². The molecule has 1 aromatic heterocycles. The Morgan fingerprint density at radius 3 is 2.64 bits per heavy atom. The molecule has 0 spiro atoms. The molecule has 0 radical (unpaired) electrons. The molecule has 2 N–H and O–H groups in total. The molecule has 0 aliphatic carbocycles. The number of rotatable bonds is 4. The molecule has 0 fully saturated rings. The minimum atomic E-state index is -0.143. The van der Waals surface area contributed by atoms with Gasteiger partial charge in [-0.15, -0.1) is 0 Å². The summed E-state index contributed by atoms with van der Waals surface area (Å²) in [5, 5.41) is 4.02. The highest BCUT2D eigenvalue weighted by Gasteiger charge is 2.16. The summed E-state index contributed by atoms with van der Waals surface area (Å²) < 4.78 is 5.34. The first-order valence-electron chi connectivity index (χ1n) is 7.20. The van der Waals surface area contributed by atoms with E-state index in [-0.39, 0.29) is 11.9 Å². The van der Waals surface area contributed by atoms with Gasteiger partial charge in [-0.2, -0.15) is 0 Å². The van der Waals surface area contributed by atoms with E-state index in [2.05, 4.69) is 10.3 Å². The van der Waals surface area contributed by atoms with Gasteiger partial charge < -0.3 is 15.0 Å². The van der Waals surface area contributed by atoms with E-state index in [1.165, 1.54) is 0 Å². The topological polar surface area (TPSA) is 54.1 Å². The zero-order chi connectivity index (χ0) is 15.5. The van der Waals surface area contributed by atoms with Crippen molar-refractivity contribution in [2.45, 2.75) is 13.0 Å². The molecule has 0 saturated heterocycles. The highest BCUT2D eigenvalue weighted by molar-refractivity contribution is 5.98. The van der Waals surface area contributed by atoms with Gasteiger partial charge in [-0.3, -0.25) is 4.79 Å². The molecule has 0 unspecified atom stereocenters. The Bertz CT molecular complexity index is 774. The SMILES string of the molecule is COc1ccccc1[C@H](C)NC(=O)c1cc2ccccc2[nH]1. The summed E-state index contributed by atoms with van der Waals surface area (Å²) in [5.41, 5.74) is 2.47. The van der Waals surface area contributed by atoms with Crippen LogP contribution in [0.3, 0.4) is 0 Å². The summed E-state index contributed by atoms with van der Waals surface area (Å²) in [4.78, 5) is 15.6. The van der Waals surface area contributed by atoms with Crippen molar-refractivity contribution in [1.29, 1.82) is 0 Å². The van der Waals surface area contributed by atoms with Crippen LogP contribution in [0, 0.1) is 0 Å². The van der Waals surface area contributed by atoms with Gasteiger partial charge in [0.25, 0.3) is 5.91 Å². The fraction of sp³-hybridized carbons (Fsp3) is 0.167. The van der Waals surface area contributed by atoms with Crippen molar-refractivity contribution in [3.05, 3.63) is 65.9 Å². The smallest absolute Gasteiger partial charge is 0.268 e. The molecule has 1 heterocycles. The average molecular weight is 294 g/mol. The van der Waals surface area contributed by atoms with Gasteiger partial charge >= 0.3 is 0 Å². The molecular weight excluding hydrogens is 276 g/mol. The van der Waals surface area contributed by atoms with Crippen LogP contribution in [0.2, 0.25) is 0 Å². The first-order valence-corrected chi connectivity index (χ1v) is 7.20. The number of para-hydroxylation sites is 2. The number of hydrogen-bond donors (Lipinski definition) is 2. The lowest BCUT2D eigenvalue weighted by atomic mass is 10.1. The first-order chi connectivity index (χ1) is 10.7. The third-order valence-electron chi connectivity index (χ3n) is 3.73. The molecule has 0 aliphatic heterocycles. The number of hydrogen-bond acceptors (Lipinski definition) is 2. The number of H-pyrrole nitrogens is 1. The lowest BCUT2D eigenvalue weighted by Crippen LogP contribution is -2.27. The molecule has 112 valence electrons. The van der Waals surface area contributed by atoms with Gasteiger partial charge in [0.2, 0.25) is 0 Å². The number of carbonyl (C=O) groups is 1. The summed E-state index contributed by atoms with van der Waals surface area (Å²) in [6.07, 6.45) is 0. The minimum absolute atomic E-state index is 0.130. The normalized spacial score (nSPS) is 12.1. The lowest BCUT2D eigenvalue weighted by molar-refractivity contribution is 0.0935. The second kappa shape index (κ2) is 5.93. The summed E-state index contributed by atoms with van der Waals surface area (Å²) >= 11 is 0. The van der Waals surface area contributed by atoms with Gasteiger partial charge in [0, 0.05) is 16.5 Å². The average Bonchev–Trinajstić information content (AvgIpc) is 2.99. The molecule has 3 aromatic rings. The second-order valence-corrected chi connectivity index (χ2v) is 5.21. The third-order valence-corrected chi connectivity index (χ3v) is 3.73. The van der Waals surface area contributed by atoms with Gasteiger partial charge in [-0.1, -0.05) is 36.4 Å². The van der Waals surface area contributed by atoms with Crippen molar-refractivity contribution in [2.75, 3.05) is 7.11 Å². The molecule has 4 heteroatoms. The van der Waals surface area contributed by atoms with Crippen molar-refractivity contribution in [2.24, 2.45) is 0 Å². The van der Waals surface area contributed by atoms with Crippen LogP contribution in [0.5, 0.6) is 5.75 Å². The molecule has 22 heavy (non-hydrogen) atoms. The fourth-order valence-corrected chi connectivity index (χ4v) is 2.57. The van der Waals surface area contributed by atoms with Crippen LogP contribution >= 0.6 is 0 Å². The fourth-order valence-electron chi connectivity index (χ4n) is 2.57. The summed E-state index contributed by atoms with van der Waals surface area (Å²) in [6, 6.07) is 17.2. The number of aromatic nitrogens is 1. The van der Waals surface area contributed by atoms with Crippen molar-refractivity contribution in [3.8, 4) is 5.75 Å². The van der Waals surface area contributed by atoms with Gasteiger partial charge in [0.1, 0.15) is 11.4 Å². The van der Waals surface area contributed by atoms with E-state index >= 15 is 0 Å².